The highest BCUT2D eigenvalue weighted by Gasteiger charge is 2.37. The Hall–Kier alpha value is -3.16. The molecule has 2 amide bonds. The van der Waals surface area contributed by atoms with E-state index in [-0.39, 0.29) is 34.0 Å². The van der Waals surface area contributed by atoms with Crippen molar-refractivity contribution < 1.29 is 23.6 Å². The van der Waals surface area contributed by atoms with E-state index in [0.717, 1.165) is 4.90 Å². The molecule has 30 heavy (non-hydrogen) atoms. The van der Waals surface area contributed by atoms with Crippen LogP contribution in [-0.4, -0.2) is 22.9 Å². The van der Waals surface area contributed by atoms with E-state index in [2.05, 4.69) is 5.16 Å². The maximum atomic E-state index is 12.9. The fourth-order valence-electron chi connectivity index (χ4n) is 3.16. The fraction of sp³-hybridized carbons (Fsp3) is 0.143. The van der Waals surface area contributed by atoms with Gasteiger partial charge in [-0.3, -0.25) is 9.59 Å². The van der Waals surface area contributed by atoms with Crippen LogP contribution in [0.15, 0.2) is 40.9 Å². The van der Waals surface area contributed by atoms with Gasteiger partial charge in [-0.05, 0) is 50.2 Å². The SMILES string of the molecule is Cc1noc(C)c1COC(=O)c1ccc2c(c1)C(=O)N(c1ccc(Cl)c(Cl)c1)C2=O. The first-order valence-electron chi connectivity index (χ1n) is 8.84. The molecule has 2 aromatic carbocycles. The lowest BCUT2D eigenvalue weighted by Gasteiger charge is -2.14. The minimum absolute atomic E-state index is 0.0145. The van der Waals surface area contributed by atoms with Gasteiger partial charge in [-0.25, -0.2) is 9.69 Å². The molecule has 152 valence electrons. The predicted molar refractivity (Wildman–Crippen MR) is 109 cm³/mol. The molecule has 0 unspecified atom stereocenters. The number of benzene rings is 2. The van der Waals surface area contributed by atoms with Gasteiger partial charge < -0.3 is 9.26 Å². The zero-order chi connectivity index (χ0) is 21.6. The van der Waals surface area contributed by atoms with E-state index < -0.39 is 17.8 Å². The molecule has 0 radical (unpaired) electrons. The maximum Gasteiger partial charge on any atom is 0.338 e. The topological polar surface area (TPSA) is 89.7 Å². The summed E-state index contributed by atoms with van der Waals surface area (Å²) in [5, 5.41) is 4.33. The molecular weight excluding hydrogens is 431 g/mol. The number of imide groups is 1. The molecule has 7 nitrogen and oxygen atoms in total. The summed E-state index contributed by atoms with van der Waals surface area (Å²) in [5.74, 6) is -1.14. The summed E-state index contributed by atoms with van der Waals surface area (Å²) in [4.78, 5) is 39.1. The Morgan fingerprint density at radius 2 is 1.77 bits per heavy atom. The maximum absolute atomic E-state index is 12.9. The zero-order valence-electron chi connectivity index (χ0n) is 15.9. The largest absolute Gasteiger partial charge is 0.457 e. The van der Waals surface area contributed by atoms with E-state index in [1.165, 1.54) is 36.4 Å². The van der Waals surface area contributed by atoms with Crippen LogP contribution in [0, 0.1) is 13.8 Å². The third-order valence-corrected chi connectivity index (χ3v) is 5.55. The molecule has 9 heteroatoms. The number of aromatic nitrogens is 1. The van der Waals surface area contributed by atoms with E-state index in [1.807, 2.05) is 0 Å². The van der Waals surface area contributed by atoms with Gasteiger partial charge in [-0.15, -0.1) is 0 Å². The number of nitrogens with zero attached hydrogens (tertiary/aromatic N) is 2. The number of hydrogen-bond acceptors (Lipinski definition) is 6. The molecule has 0 fully saturated rings. The van der Waals surface area contributed by atoms with Crippen molar-refractivity contribution in [2.24, 2.45) is 0 Å². The van der Waals surface area contributed by atoms with Crippen LogP contribution in [0.2, 0.25) is 10.0 Å². The fourth-order valence-corrected chi connectivity index (χ4v) is 3.45. The number of fused-ring (bicyclic) bond motifs is 1. The number of aryl methyl sites for hydroxylation is 2. The van der Waals surface area contributed by atoms with Crippen molar-refractivity contribution in [1.82, 2.24) is 5.16 Å². The highest BCUT2D eigenvalue weighted by molar-refractivity contribution is 6.42. The number of carbonyl (C=O) groups excluding carboxylic acids is 3. The number of carbonyl (C=O) groups is 3. The van der Waals surface area contributed by atoms with Crippen LogP contribution in [0.25, 0.3) is 0 Å². The summed E-state index contributed by atoms with van der Waals surface area (Å²) in [6, 6.07) is 8.68. The van der Waals surface area contributed by atoms with Crippen LogP contribution in [0.4, 0.5) is 5.69 Å². The van der Waals surface area contributed by atoms with Crippen molar-refractivity contribution in [2.75, 3.05) is 4.90 Å². The lowest BCUT2D eigenvalue weighted by molar-refractivity contribution is 0.0470. The number of amides is 2. The molecule has 1 aliphatic rings. The number of halogens is 2. The summed E-state index contributed by atoms with van der Waals surface area (Å²) in [6.45, 7) is 3.46. The van der Waals surface area contributed by atoms with Gasteiger partial charge in [0.15, 0.2) is 0 Å². The molecule has 4 rings (SSSR count). The van der Waals surface area contributed by atoms with Crippen molar-refractivity contribution >= 4 is 46.7 Å². The van der Waals surface area contributed by atoms with Crippen LogP contribution >= 0.6 is 23.2 Å². The lowest BCUT2D eigenvalue weighted by Crippen LogP contribution is -2.29. The van der Waals surface area contributed by atoms with Gasteiger partial charge in [-0.1, -0.05) is 28.4 Å². The second kappa shape index (κ2) is 7.59. The summed E-state index contributed by atoms with van der Waals surface area (Å²) < 4.78 is 10.4. The molecule has 0 saturated carbocycles. The molecule has 0 spiro atoms. The number of rotatable bonds is 4. The second-order valence-corrected chi connectivity index (χ2v) is 7.50. The van der Waals surface area contributed by atoms with Gasteiger partial charge in [0, 0.05) is 0 Å². The highest BCUT2D eigenvalue weighted by Crippen LogP contribution is 2.33. The first-order valence-corrected chi connectivity index (χ1v) is 9.60. The molecule has 2 heterocycles. The summed E-state index contributed by atoms with van der Waals surface area (Å²) in [5.41, 5.74) is 2.05. The van der Waals surface area contributed by atoms with E-state index in [4.69, 9.17) is 32.5 Å². The first kappa shape index (κ1) is 20.1. The minimum atomic E-state index is -0.633. The Balaban J connectivity index is 1.58. The van der Waals surface area contributed by atoms with Crippen molar-refractivity contribution in [3.8, 4) is 0 Å². The van der Waals surface area contributed by atoms with Crippen LogP contribution in [0.5, 0.6) is 0 Å². The first-order chi connectivity index (χ1) is 14.3. The molecule has 1 aliphatic heterocycles. The van der Waals surface area contributed by atoms with E-state index in [0.29, 0.717) is 22.0 Å². The quantitative estimate of drug-likeness (QED) is 0.425. The average molecular weight is 445 g/mol. The smallest absolute Gasteiger partial charge is 0.338 e. The van der Waals surface area contributed by atoms with E-state index in [1.54, 1.807) is 13.8 Å². The van der Waals surface area contributed by atoms with Crippen LogP contribution < -0.4 is 4.90 Å². The third-order valence-electron chi connectivity index (χ3n) is 4.81. The lowest BCUT2D eigenvalue weighted by atomic mass is 10.1. The van der Waals surface area contributed by atoms with Crippen LogP contribution in [-0.2, 0) is 11.3 Å². The van der Waals surface area contributed by atoms with Crippen molar-refractivity contribution in [2.45, 2.75) is 20.5 Å². The Labute approximate surface area is 181 Å². The van der Waals surface area contributed by atoms with E-state index >= 15 is 0 Å². The van der Waals surface area contributed by atoms with Crippen LogP contribution in [0.3, 0.4) is 0 Å². The standard InChI is InChI=1S/C21H14Cl2N2O5/c1-10-16(11(2)30-24-10)9-29-21(28)12-3-5-14-15(7-12)20(27)25(19(14)26)13-4-6-17(22)18(23)8-13/h3-8H,9H2,1-2H3. The molecule has 1 aromatic heterocycles. The van der Waals surface area contributed by atoms with Gasteiger partial charge in [0.25, 0.3) is 11.8 Å². The minimum Gasteiger partial charge on any atom is -0.457 e. The van der Waals surface area contributed by atoms with E-state index in [9.17, 15) is 14.4 Å². The van der Waals surface area contributed by atoms with Crippen molar-refractivity contribution in [3.05, 3.63) is 80.2 Å². The molecule has 0 bridgehead atoms. The summed E-state index contributed by atoms with van der Waals surface area (Å²) in [7, 11) is 0. The Kier molecular flexibility index (Phi) is 5.09. The van der Waals surface area contributed by atoms with Gasteiger partial charge in [0.1, 0.15) is 12.4 Å². The molecule has 0 atom stereocenters. The number of esters is 1. The van der Waals surface area contributed by atoms with Gasteiger partial charge in [-0.2, -0.15) is 0 Å². The van der Waals surface area contributed by atoms with Crippen molar-refractivity contribution in [1.29, 1.82) is 0 Å². The molecule has 0 saturated heterocycles. The number of anilines is 1. The molecule has 0 N–H and O–H groups in total. The zero-order valence-corrected chi connectivity index (χ0v) is 17.4. The highest BCUT2D eigenvalue weighted by atomic mass is 35.5. The Morgan fingerprint density at radius 1 is 1.03 bits per heavy atom. The predicted octanol–water partition coefficient (Wildman–Crippen LogP) is 4.76. The average Bonchev–Trinajstić information content (AvgIpc) is 3.18. The van der Waals surface area contributed by atoms with Crippen LogP contribution in [0.1, 0.15) is 48.1 Å². The molecule has 0 aliphatic carbocycles. The monoisotopic (exact) mass is 444 g/mol. The van der Waals surface area contributed by atoms with Gasteiger partial charge >= 0.3 is 5.97 Å². The number of hydrogen-bond donors (Lipinski definition) is 0. The Bertz CT molecular complexity index is 1200. The van der Waals surface area contributed by atoms with Gasteiger partial charge in [0.2, 0.25) is 0 Å². The summed E-state index contributed by atoms with van der Waals surface area (Å²) in [6.07, 6.45) is 0. The second-order valence-electron chi connectivity index (χ2n) is 6.68. The van der Waals surface area contributed by atoms with Crippen molar-refractivity contribution in [3.63, 3.8) is 0 Å². The van der Waals surface area contributed by atoms with Gasteiger partial charge in [0.05, 0.1) is 43.7 Å². The molecular formula is C21H14Cl2N2O5. The number of ether oxygens (including phenoxy) is 1. The Morgan fingerprint density at radius 3 is 2.43 bits per heavy atom. The normalized spacial score (nSPS) is 13.0. The third kappa shape index (κ3) is 3.36. The summed E-state index contributed by atoms with van der Waals surface area (Å²) >= 11 is 11.9. The molecule has 3 aromatic rings.